The van der Waals surface area contributed by atoms with E-state index in [9.17, 15) is 34.2 Å². The summed E-state index contributed by atoms with van der Waals surface area (Å²) in [5.74, 6) is -4.73. The van der Waals surface area contributed by atoms with Gasteiger partial charge in [-0.15, -0.1) is 0 Å². The topological polar surface area (TPSA) is 208 Å². The molecule has 0 fully saturated rings. The van der Waals surface area contributed by atoms with Gasteiger partial charge in [0, 0.05) is 6.42 Å². The van der Waals surface area contributed by atoms with Crippen molar-refractivity contribution in [2.75, 3.05) is 12.0 Å². The Labute approximate surface area is 207 Å². The first kappa shape index (κ1) is 29.9. The zero-order chi connectivity index (χ0) is 26.5. The third-order valence-electron chi connectivity index (χ3n) is 4.93. The third-order valence-corrected chi connectivity index (χ3v) is 5.58. The molecule has 12 nitrogen and oxygen atoms in total. The van der Waals surface area contributed by atoms with Gasteiger partial charge in [-0.25, -0.2) is 4.79 Å². The minimum atomic E-state index is -1.51. The second-order valence-electron chi connectivity index (χ2n) is 7.86. The van der Waals surface area contributed by atoms with Crippen LogP contribution in [0, 0.1) is 0 Å². The molecule has 1 aromatic carbocycles. The van der Waals surface area contributed by atoms with Crippen molar-refractivity contribution in [1.82, 2.24) is 16.0 Å². The number of nitrogens with one attached hydrogen (secondary N) is 3. The van der Waals surface area contributed by atoms with Gasteiger partial charge in [0.1, 0.15) is 18.1 Å². The van der Waals surface area contributed by atoms with Gasteiger partial charge in [0.2, 0.25) is 17.7 Å². The summed E-state index contributed by atoms with van der Waals surface area (Å²) in [6, 6.07) is 3.18. The van der Waals surface area contributed by atoms with Crippen molar-refractivity contribution in [1.29, 1.82) is 0 Å². The van der Waals surface area contributed by atoms with E-state index in [-0.39, 0.29) is 12.8 Å². The molecule has 13 heteroatoms. The van der Waals surface area contributed by atoms with Gasteiger partial charge in [0.05, 0.1) is 18.6 Å². The van der Waals surface area contributed by atoms with E-state index in [0.717, 1.165) is 0 Å². The Morgan fingerprint density at radius 1 is 0.943 bits per heavy atom. The van der Waals surface area contributed by atoms with E-state index in [1.54, 1.807) is 36.6 Å². The van der Waals surface area contributed by atoms with Crippen LogP contribution in [-0.4, -0.2) is 87.3 Å². The van der Waals surface area contributed by atoms with Gasteiger partial charge in [-0.05, 0) is 30.9 Å². The quantitative estimate of drug-likeness (QED) is 0.148. The summed E-state index contributed by atoms with van der Waals surface area (Å²) in [6.45, 7) is 1.25. The summed E-state index contributed by atoms with van der Waals surface area (Å²) in [7, 11) is 0. The van der Waals surface area contributed by atoms with Gasteiger partial charge in [-0.2, -0.15) is 11.8 Å². The average Bonchev–Trinajstić information content (AvgIpc) is 2.79. The Morgan fingerprint density at radius 2 is 1.54 bits per heavy atom. The molecule has 194 valence electrons. The molecular weight excluding hydrogens is 480 g/mol. The van der Waals surface area contributed by atoms with Gasteiger partial charge in [0.25, 0.3) is 0 Å². The summed E-state index contributed by atoms with van der Waals surface area (Å²) in [6.07, 6.45) is -0.148. The zero-order valence-corrected chi connectivity index (χ0v) is 20.3. The summed E-state index contributed by atoms with van der Waals surface area (Å²) < 4.78 is 0. The molecule has 0 aromatic heterocycles. The normalized spacial score (nSPS) is 15.1. The predicted molar refractivity (Wildman–Crippen MR) is 128 cm³/mol. The average molecular weight is 513 g/mol. The summed E-state index contributed by atoms with van der Waals surface area (Å²) in [5.41, 5.74) is 6.25. The van der Waals surface area contributed by atoms with Crippen molar-refractivity contribution in [2.24, 2.45) is 5.73 Å². The summed E-state index contributed by atoms with van der Waals surface area (Å²) in [4.78, 5) is 60.5. The molecule has 0 aliphatic rings. The molecule has 0 radical (unpaired) electrons. The molecule has 3 amide bonds. The first-order valence-electron chi connectivity index (χ1n) is 10.8. The summed E-state index contributed by atoms with van der Waals surface area (Å²) in [5, 5.41) is 35.4. The molecule has 35 heavy (non-hydrogen) atoms. The van der Waals surface area contributed by atoms with Gasteiger partial charge in [-0.3, -0.25) is 19.2 Å². The lowest BCUT2D eigenvalue weighted by Crippen LogP contribution is -2.60. The number of thioether (sulfide) groups is 1. The maximum atomic E-state index is 13.0. The predicted octanol–water partition coefficient (Wildman–Crippen LogP) is -1.30. The molecule has 0 saturated heterocycles. The first-order valence-corrected chi connectivity index (χ1v) is 12.2. The number of hydrogen-bond acceptors (Lipinski definition) is 8. The number of carbonyl (C=O) groups excluding carboxylic acids is 3. The van der Waals surface area contributed by atoms with E-state index in [1.165, 1.54) is 18.7 Å². The molecule has 0 aliphatic heterocycles. The highest BCUT2D eigenvalue weighted by molar-refractivity contribution is 7.98. The van der Waals surface area contributed by atoms with Crippen LogP contribution in [0.3, 0.4) is 0 Å². The minimum Gasteiger partial charge on any atom is -0.481 e. The van der Waals surface area contributed by atoms with E-state index in [4.69, 9.17) is 10.8 Å². The van der Waals surface area contributed by atoms with Crippen LogP contribution in [0.15, 0.2) is 30.3 Å². The van der Waals surface area contributed by atoms with Crippen molar-refractivity contribution in [3.8, 4) is 0 Å². The molecule has 0 aliphatic carbocycles. The molecule has 8 N–H and O–H groups in total. The van der Waals surface area contributed by atoms with E-state index in [2.05, 4.69) is 16.0 Å². The van der Waals surface area contributed by atoms with E-state index in [0.29, 0.717) is 11.3 Å². The van der Waals surface area contributed by atoms with Crippen LogP contribution in [0.1, 0.15) is 25.3 Å². The molecule has 0 saturated carbocycles. The lowest BCUT2D eigenvalue weighted by Gasteiger charge is -2.26. The van der Waals surface area contributed by atoms with Crippen molar-refractivity contribution >= 4 is 41.4 Å². The molecule has 1 aromatic rings. The number of nitrogens with two attached hydrogens (primary N) is 1. The molecule has 0 bridgehead atoms. The number of carboxylic acid groups (broad SMARTS) is 2. The van der Waals surface area contributed by atoms with Crippen LogP contribution >= 0.6 is 11.8 Å². The largest absolute Gasteiger partial charge is 0.481 e. The number of benzene rings is 1. The van der Waals surface area contributed by atoms with Crippen LogP contribution in [0.5, 0.6) is 0 Å². The van der Waals surface area contributed by atoms with Gasteiger partial charge >= 0.3 is 11.9 Å². The van der Waals surface area contributed by atoms with Crippen molar-refractivity contribution in [2.45, 2.75) is 56.5 Å². The molecule has 1 rings (SSSR count). The standard InChI is InChI=1S/C22H32N4O8S/c1-12(27)18(21(32)24-15(22(33)34)8-9-35-2)26-20(31)16(10-13-6-4-3-5-7-13)25-19(30)14(23)11-17(28)29/h3-7,12,14-16,18,27H,8-11,23H2,1-2H3,(H,24,32)(H,25,30)(H,26,31)(H,28,29)(H,33,34). The number of carboxylic acids is 2. The highest BCUT2D eigenvalue weighted by Gasteiger charge is 2.33. The second kappa shape index (κ2) is 15.0. The van der Waals surface area contributed by atoms with Crippen molar-refractivity contribution in [3.05, 3.63) is 35.9 Å². The Kier molecular flexibility index (Phi) is 12.8. The minimum absolute atomic E-state index is 0.0160. The number of aliphatic hydroxyl groups excluding tert-OH is 1. The zero-order valence-electron chi connectivity index (χ0n) is 19.5. The molecule has 0 spiro atoms. The van der Waals surface area contributed by atoms with Gasteiger partial charge in [-0.1, -0.05) is 30.3 Å². The highest BCUT2D eigenvalue weighted by Crippen LogP contribution is 2.07. The van der Waals surface area contributed by atoms with Crippen LogP contribution in [0.4, 0.5) is 0 Å². The van der Waals surface area contributed by atoms with E-state index < -0.39 is 66.4 Å². The van der Waals surface area contributed by atoms with Crippen LogP contribution in [0.2, 0.25) is 0 Å². The van der Waals surface area contributed by atoms with Crippen LogP contribution in [-0.2, 0) is 30.4 Å². The monoisotopic (exact) mass is 512 g/mol. The summed E-state index contributed by atoms with van der Waals surface area (Å²) >= 11 is 1.40. The number of hydrogen-bond donors (Lipinski definition) is 7. The Morgan fingerprint density at radius 3 is 2.06 bits per heavy atom. The number of aliphatic carboxylic acids is 2. The number of amides is 3. The first-order chi connectivity index (χ1) is 16.5. The van der Waals surface area contributed by atoms with Crippen LogP contribution in [0.25, 0.3) is 0 Å². The molecular formula is C22H32N4O8S. The van der Waals surface area contributed by atoms with Crippen molar-refractivity contribution in [3.63, 3.8) is 0 Å². The second-order valence-corrected chi connectivity index (χ2v) is 8.85. The van der Waals surface area contributed by atoms with Crippen molar-refractivity contribution < 1.29 is 39.3 Å². The SMILES string of the molecule is CSCCC(NC(=O)C(NC(=O)C(Cc1ccccc1)NC(=O)C(N)CC(=O)O)C(C)O)C(=O)O. The molecule has 5 unspecified atom stereocenters. The number of rotatable bonds is 15. The fourth-order valence-corrected chi connectivity index (χ4v) is 3.50. The van der Waals surface area contributed by atoms with E-state index in [1.807, 2.05) is 0 Å². The lowest BCUT2D eigenvalue weighted by molar-refractivity contribution is -0.143. The Hall–Kier alpha value is -3.16. The Bertz CT molecular complexity index is 883. The third kappa shape index (κ3) is 10.8. The van der Waals surface area contributed by atoms with Crippen LogP contribution < -0.4 is 21.7 Å². The maximum absolute atomic E-state index is 13.0. The maximum Gasteiger partial charge on any atom is 0.326 e. The number of carbonyl (C=O) groups is 5. The molecule has 5 atom stereocenters. The van der Waals surface area contributed by atoms with Gasteiger partial charge in [0.15, 0.2) is 0 Å². The Balaban J connectivity index is 3.05. The molecule has 0 heterocycles. The smallest absolute Gasteiger partial charge is 0.326 e. The highest BCUT2D eigenvalue weighted by atomic mass is 32.2. The fraction of sp³-hybridized carbons (Fsp3) is 0.500. The lowest BCUT2D eigenvalue weighted by atomic mass is 10.0. The van der Waals surface area contributed by atoms with E-state index >= 15 is 0 Å². The van der Waals surface area contributed by atoms with Gasteiger partial charge < -0.3 is 37.0 Å². The fourth-order valence-electron chi connectivity index (χ4n) is 3.03. The number of aliphatic hydroxyl groups is 1.